The van der Waals surface area contributed by atoms with Crippen LogP contribution in [0.4, 0.5) is 22.7 Å². The van der Waals surface area contributed by atoms with Gasteiger partial charge in [-0.05, 0) is 86.3 Å². The van der Waals surface area contributed by atoms with Gasteiger partial charge < -0.3 is 10.6 Å². The van der Waals surface area contributed by atoms with E-state index in [0.717, 1.165) is 42.6 Å². The lowest BCUT2D eigenvalue weighted by molar-refractivity contribution is 0.0980. The minimum atomic E-state index is -0.164. The van der Waals surface area contributed by atoms with Gasteiger partial charge in [0.2, 0.25) is 0 Å². The highest BCUT2D eigenvalue weighted by molar-refractivity contribution is 9.10. The maximum atomic E-state index is 13.8. The molecule has 36 heavy (non-hydrogen) atoms. The van der Waals surface area contributed by atoms with Gasteiger partial charge >= 0.3 is 0 Å². The highest BCUT2D eigenvalue weighted by Gasteiger charge is 2.34. The van der Waals surface area contributed by atoms with Crippen molar-refractivity contribution < 1.29 is 9.59 Å². The summed E-state index contributed by atoms with van der Waals surface area (Å²) in [7, 11) is 0. The molecule has 0 unspecified atom stereocenters. The lowest BCUT2D eigenvalue weighted by Crippen LogP contribution is -2.23. The van der Waals surface area contributed by atoms with E-state index in [1.165, 1.54) is 0 Å². The summed E-state index contributed by atoms with van der Waals surface area (Å²) in [5.41, 5.74) is 8.83. The first-order valence-corrected chi connectivity index (χ1v) is 13.2. The molecule has 0 saturated heterocycles. The van der Waals surface area contributed by atoms with Crippen LogP contribution in [0.15, 0.2) is 69.6 Å². The molecule has 1 aliphatic rings. The van der Waals surface area contributed by atoms with E-state index in [-0.39, 0.29) is 11.6 Å². The fraction of sp³-hybridized carbons (Fsp3) is 0.133. The quantitative estimate of drug-likeness (QED) is 0.216. The van der Waals surface area contributed by atoms with Crippen LogP contribution in [0.5, 0.6) is 0 Å². The maximum Gasteiger partial charge on any atom is 0.196 e. The number of carbonyl (C=O) groups is 2. The minimum absolute atomic E-state index is 0.164. The van der Waals surface area contributed by atoms with Crippen LogP contribution >= 0.6 is 31.9 Å². The SMILES string of the molecule is Cc1cc(Br)cc(C)c1Nc1ccc(Nc2c(C)cc(Br)cc2C)c2c1C(=O)c1ccccc1C2=O. The smallest absolute Gasteiger partial charge is 0.196 e. The van der Waals surface area contributed by atoms with E-state index in [2.05, 4.69) is 42.5 Å². The van der Waals surface area contributed by atoms with E-state index >= 15 is 0 Å². The van der Waals surface area contributed by atoms with E-state index in [9.17, 15) is 9.59 Å². The molecular formula is C30H24Br2N2O2. The van der Waals surface area contributed by atoms with E-state index in [1.807, 2.05) is 64.1 Å². The lowest BCUT2D eigenvalue weighted by Gasteiger charge is -2.25. The number of hydrogen-bond acceptors (Lipinski definition) is 4. The van der Waals surface area contributed by atoms with Crippen molar-refractivity contribution in [3.63, 3.8) is 0 Å². The molecule has 4 nitrogen and oxygen atoms in total. The summed E-state index contributed by atoms with van der Waals surface area (Å²) in [4.78, 5) is 27.7. The van der Waals surface area contributed by atoms with Gasteiger partial charge in [-0.25, -0.2) is 0 Å². The van der Waals surface area contributed by atoms with Crippen molar-refractivity contribution in [3.8, 4) is 0 Å². The Labute approximate surface area is 227 Å². The summed E-state index contributed by atoms with van der Waals surface area (Å²) < 4.78 is 1.98. The molecule has 5 rings (SSSR count). The van der Waals surface area contributed by atoms with Gasteiger partial charge in [-0.1, -0.05) is 56.1 Å². The average Bonchev–Trinajstić information content (AvgIpc) is 2.82. The topological polar surface area (TPSA) is 58.2 Å². The second-order valence-electron chi connectivity index (χ2n) is 9.19. The normalized spacial score (nSPS) is 12.3. The zero-order valence-corrected chi connectivity index (χ0v) is 23.5. The van der Waals surface area contributed by atoms with Crippen molar-refractivity contribution in [1.29, 1.82) is 0 Å². The number of fused-ring (bicyclic) bond motifs is 2. The molecular weight excluding hydrogens is 580 g/mol. The van der Waals surface area contributed by atoms with E-state index in [1.54, 1.807) is 24.3 Å². The van der Waals surface area contributed by atoms with Crippen molar-refractivity contribution in [2.45, 2.75) is 27.7 Å². The van der Waals surface area contributed by atoms with Crippen LogP contribution in [0.25, 0.3) is 0 Å². The molecule has 0 bridgehead atoms. The minimum Gasteiger partial charge on any atom is -0.354 e. The predicted octanol–water partition coefficient (Wildman–Crippen LogP) is 8.71. The monoisotopic (exact) mass is 602 g/mol. The molecule has 0 saturated carbocycles. The zero-order valence-electron chi connectivity index (χ0n) is 20.3. The van der Waals surface area contributed by atoms with Gasteiger partial charge in [0.05, 0.1) is 22.5 Å². The number of benzene rings is 4. The lowest BCUT2D eigenvalue weighted by atomic mass is 9.82. The van der Waals surface area contributed by atoms with Crippen LogP contribution in [0.1, 0.15) is 54.1 Å². The molecule has 0 heterocycles. The Balaban J connectivity index is 1.71. The first-order valence-electron chi connectivity index (χ1n) is 11.6. The first-order chi connectivity index (χ1) is 17.2. The molecule has 1 aliphatic carbocycles. The summed E-state index contributed by atoms with van der Waals surface area (Å²) in [5.74, 6) is -0.328. The van der Waals surface area contributed by atoms with Crippen LogP contribution in [-0.4, -0.2) is 11.6 Å². The standard InChI is InChI=1S/C30H24Br2N2O2/c1-15-11-19(31)12-16(2)27(15)33-23-9-10-24(34-28-17(3)13-20(32)14-18(28)4)26-25(23)29(35)21-7-5-6-8-22(21)30(26)36/h5-14,33-34H,1-4H3. The Kier molecular flexibility index (Phi) is 6.35. The number of aryl methyl sites for hydroxylation is 4. The molecule has 180 valence electrons. The number of hydrogen-bond donors (Lipinski definition) is 2. The molecule has 6 heteroatoms. The molecule has 0 spiro atoms. The first kappa shape index (κ1) is 24.5. The van der Waals surface area contributed by atoms with Crippen LogP contribution in [0.3, 0.4) is 0 Å². The summed E-state index contributed by atoms with van der Waals surface area (Å²) in [6.07, 6.45) is 0. The molecule has 0 atom stereocenters. The molecule has 0 fully saturated rings. The zero-order chi connectivity index (χ0) is 25.7. The molecule has 2 N–H and O–H groups in total. The second kappa shape index (κ2) is 9.34. The fourth-order valence-corrected chi connectivity index (χ4v) is 6.29. The molecule has 4 aromatic rings. The number of rotatable bonds is 4. The largest absolute Gasteiger partial charge is 0.354 e. The molecule has 0 amide bonds. The molecule has 4 aromatic carbocycles. The van der Waals surface area contributed by atoms with Crippen LogP contribution in [0.2, 0.25) is 0 Å². The van der Waals surface area contributed by atoms with Gasteiger partial charge in [-0.15, -0.1) is 0 Å². The van der Waals surface area contributed by atoms with E-state index in [4.69, 9.17) is 0 Å². The molecule has 0 radical (unpaired) electrons. The number of nitrogens with one attached hydrogen (secondary N) is 2. The summed E-state index contributed by atoms with van der Waals surface area (Å²) >= 11 is 7.09. The van der Waals surface area contributed by atoms with Crippen LogP contribution in [0, 0.1) is 27.7 Å². The van der Waals surface area contributed by atoms with Gasteiger partial charge in [0.25, 0.3) is 0 Å². The van der Waals surface area contributed by atoms with Gasteiger partial charge in [-0.3, -0.25) is 9.59 Å². The van der Waals surface area contributed by atoms with Crippen molar-refractivity contribution in [3.05, 3.63) is 114 Å². The Bertz CT molecular complexity index is 1430. The maximum absolute atomic E-state index is 13.8. The van der Waals surface area contributed by atoms with Gasteiger partial charge in [-0.2, -0.15) is 0 Å². The Morgan fingerprint density at radius 3 is 1.22 bits per heavy atom. The van der Waals surface area contributed by atoms with Crippen LogP contribution in [-0.2, 0) is 0 Å². The Morgan fingerprint density at radius 2 is 0.889 bits per heavy atom. The number of anilines is 4. The molecule has 0 aromatic heterocycles. The van der Waals surface area contributed by atoms with E-state index < -0.39 is 0 Å². The van der Waals surface area contributed by atoms with Crippen molar-refractivity contribution >= 4 is 66.2 Å². The Hall–Kier alpha value is -3.22. The van der Waals surface area contributed by atoms with Crippen molar-refractivity contribution in [2.75, 3.05) is 10.6 Å². The number of ketones is 2. The summed E-state index contributed by atoms with van der Waals surface area (Å²) in [5, 5.41) is 6.94. The molecule has 0 aliphatic heterocycles. The van der Waals surface area contributed by atoms with Crippen LogP contribution < -0.4 is 10.6 Å². The Morgan fingerprint density at radius 1 is 0.556 bits per heavy atom. The summed E-state index contributed by atoms with van der Waals surface area (Å²) in [6.45, 7) is 8.07. The van der Waals surface area contributed by atoms with Crippen molar-refractivity contribution in [2.24, 2.45) is 0 Å². The fourth-order valence-electron chi connectivity index (χ4n) is 4.92. The highest BCUT2D eigenvalue weighted by Crippen LogP contribution is 2.40. The summed E-state index contributed by atoms with van der Waals surface area (Å²) in [6, 6.07) is 18.9. The highest BCUT2D eigenvalue weighted by atomic mass is 79.9. The van der Waals surface area contributed by atoms with Gasteiger partial charge in [0, 0.05) is 31.4 Å². The van der Waals surface area contributed by atoms with Gasteiger partial charge in [0.15, 0.2) is 11.6 Å². The van der Waals surface area contributed by atoms with Crippen molar-refractivity contribution in [1.82, 2.24) is 0 Å². The third kappa shape index (κ3) is 4.18. The third-order valence-corrected chi connectivity index (χ3v) is 7.51. The number of halogens is 2. The second-order valence-corrected chi connectivity index (χ2v) is 11.0. The number of carbonyl (C=O) groups excluding carboxylic acids is 2. The van der Waals surface area contributed by atoms with E-state index in [0.29, 0.717) is 33.6 Å². The predicted molar refractivity (Wildman–Crippen MR) is 154 cm³/mol. The average molecular weight is 604 g/mol. The third-order valence-electron chi connectivity index (χ3n) is 6.59. The van der Waals surface area contributed by atoms with Gasteiger partial charge in [0.1, 0.15) is 0 Å².